The Balaban J connectivity index is 1.65. The molecule has 1 atom stereocenters. The molecule has 0 fully saturated rings. The van der Waals surface area contributed by atoms with E-state index in [0.29, 0.717) is 18.0 Å². The number of anilines is 1. The molecule has 2 aromatic carbocycles. The summed E-state index contributed by atoms with van der Waals surface area (Å²) in [7, 11) is -3.59. The van der Waals surface area contributed by atoms with Crippen molar-refractivity contribution in [3.63, 3.8) is 0 Å². The van der Waals surface area contributed by atoms with Crippen molar-refractivity contribution in [3.05, 3.63) is 53.6 Å². The molecule has 174 valence electrons. The maximum absolute atomic E-state index is 12.7. The zero-order chi connectivity index (χ0) is 23.5. The standard InChI is InChI=1S/C24H32N2O5S/c1-6-17-7-10-19(11-8-17)30-14-13-25-23(27)22-16-26(32(5,28)29)20-15-18(24(2,3)4)9-12-21(20)31-22/h7-12,15,22H,6,13-14,16H2,1-5H3,(H,25,27). The van der Waals surface area contributed by atoms with Gasteiger partial charge in [0.25, 0.3) is 5.91 Å². The number of hydrogen-bond donors (Lipinski definition) is 1. The van der Waals surface area contributed by atoms with Crippen LogP contribution in [0.25, 0.3) is 0 Å². The summed E-state index contributed by atoms with van der Waals surface area (Å²) < 4.78 is 37.7. The number of carbonyl (C=O) groups is 1. The summed E-state index contributed by atoms with van der Waals surface area (Å²) >= 11 is 0. The second-order valence-corrected chi connectivity index (χ2v) is 10.9. The lowest BCUT2D eigenvalue weighted by molar-refractivity contribution is -0.127. The Morgan fingerprint density at radius 1 is 1.19 bits per heavy atom. The van der Waals surface area contributed by atoms with Gasteiger partial charge in [0.1, 0.15) is 18.1 Å². The topological polar surface area (TPSA) is 84.9 Å². The van der Waals surface area contributed by atoms with E-state index in [9.17, 15) is 13.2 Å². The molecule has 0 spiro atoms. The van der Waals surface area contributed by atoms with Crippen molar-refractivity contribution in [3.8, 4) is 11.5 Å². The van der Waals surface area contributed by atoms with E-state index in [1.807, 2.05) is 36.4 Å². The van der Waals surface area contributed by atoms with Crippen molar-refractivity contribution in [1.29, 1.82) is 0 Å². The van der Waals surface area contributed by atoms with Crippen molar-refractivity contribution in [2.45, 2.75) is 45.6 Å². The Bertz CT molecular complexity index is 1060. The highest BCUT2D eigenvalue weighted by Gasteiger charge is 2.35. The molecule has 0 aliphatic carbocycles. The monoisotopic (exact) mass is 460 g/mol. The predicted octanol–water partition coefficient (Wildman–Crippen LogP) is 3.27. The third-order valence-corrected chi connectivity index (χ3v) is 6.54. The van der Waals surface area contributed by atoms with Crippen LogP contribution in [0, 0.1) is 0 Å². The van der Waals surface area contributed by atoms with E-state index in [4.69, 9.17) is 9.47 Å². The highest BCUT2D eigenvalue weighted by atomic mass is 32.2. The predicted molar refractivity (Wildman–Crippen MR) is 126 cm³/mol. The van der Waals surface area contributed by atoms with E-state index in [0.717, 1.165) is 24.0 Å². The van der Waals surface area contributed by atoms with E-state index in [2.05, 4.69) is 33.0 Å². The molecule has 1 unspecified atom stereocenters. The summed E-state index contributed by atoms with van der Waals surface area (Å²) in [4.78, 5) is 12.7. The van der Waals surface area contributed by atoms with Gasteiger partial charge in [-0.15, -0.1) is 0 Å². The number of amides is 1. The second kappa shape index (κ2) is 9.40. The van der Waals surface area contributed by atoms with Crippen LogP contribution in [-0.4, -0.2) is 46.4 Å². The molecule has 0 bridgehead atoms. The van der Waals surface area contributed by atoms with Gasteiger partial charge in [-0.05, 0) is 47.2 Å². The Labute approximate surface area is 190 Å². The minimum atomic E-state index is -3.59. The normalized spacial score (nSPS) is 16.2. The smallest absolute Gasteiger partial charge is 0.263 e. The van der Waals surface area contributed by atoms with E-state index in [1.54, 1.807) is 6.07 Å². The minimum Gasteiger partial charge on any atom is -0.492 e. The molecule has 0 radical (unpaired) electrons. The van der Waals surface area contributed by atoms with Crippen LogP contribution in [0.5, 0.6) is 11.5 Å². The minimum absolute atomic E-state index is 0.0788. The molecule has 1 amide bonds. The first-order valence-electron chi connectivity index (χ1n) is 10.8. The first-order valence-corrected chi connectivity index (χ1v) is 12.6. The number of benzene rings is 2. The fraction of sp³-hybridized carbons (Fsp3) is 0.458. The highest BCUT2D eigenvalue weighted by Crippen LogP contribution is 2.38. The highest BCUT2D eigenvalue weighted by molar-refractivity contribution is 7.92. The summed E-state index contributed by atoms with van der Waals surface area (Å²) in [5.41, 5.74) is 2.53. The molecule has 0 saturated carbocycles. The Kier molecular flexibility index (Phi) is 7.03. The van der Waals surface area contributed by atoms with Crippen LogP contribution in [0.2, 0.25) is 0 Å². The third-order valence-electron chi connectivity index (χ3n) is 5.39. The van der Waals surface area contributed by atoms with E-state index < -0.39 is 16.1 Å². The van der Waals surface area contributed by atoms with Gasteiger partial charge >= 0.3 is 0 Å². The van der Waals surface area contributed by atoms with Gasteiger partial charge in [-0.25, -0.2) is 8.42 Å². The molecule has 8 heteroatoms. The summed E-state index contributed by atoms with van der Waals surface area (Å²) in [6.07, 6.45) is 1.16. The number of carbonyl (C=O) groups excluding carboxylic acids is 1. The lowest BCUT2D eigenvalue weighted by atomic mass is 9.86. The molecule has 1 heterocycles. The SMILES string of the molecule is CCc1ccc(OCCNC(=O)C2CN(S(C)(=O)=O)c3cc(C(C)(C)C)ccc3O2)cc1. The Morgan fingerprint density at radius 3 is 2.47 bits per heavy atom. The maximum atomic E-state index is 12.7. The van der Waals surface area contributed by atoms with Crippen LogP contribution < -0.4 is 19.1 Å². The van der Waals surface area contributed by atoms with Crippen molar-refractivity contribution in [1.82, 2.24) is 5.32 Å². The molecular weight excluding hydrogens is 428 g/mol. The molecule has 7 nitrogen and oxygen atoms in total. The molecule has 1 aliphatic rings. The van der Waals surface area contributed by atoms with Gasteiger partial charge in [0, 0.05) is 0 Å². The number of nitrogens with zero attached hydrogens (tertiary/aromatic N) is 1. The molecule has 1 N–H and O–H groups in total. The fourth-order valence-electron chi connectivity index (χ4n) is 3.45. The van der Waals surface area contributed by atoms with Crippen molar-refractivity contribution >= 4 is 21.6 Å². The fourth-order valence-corrected chi connectivity index (χ4v) is 4.35. The van der Waals surface area contributed by atoms with Crippen LogP contribution in [0.15, 0.2) is 42.5 Å². The molecular formula is C24H32N2O5S. The van der Waals surface area contributed by atoms with Gasteiger partial charge in [0.05, 0.1) is 25.0 Å². The molecule has 0 aromatic heterocycles. The molecule has 32 heavy (non-hydrogen) atoms. The van der Waals surface area contributed by atoms with Gasteiger partial charge in [-0.1, -0.05) is 45.9 Å². The van der Waals surface area contributed by atoms with E-state index >= 15 is 0 Å². The van der Waals surface area contributed by atoms with Crippen LogP contribution in [-0.2, 0) is 26.7 Å². The first-order chi connectivity index (χ1) is 15.0. The summed E-state index contributed by atoms with van der Waals surface area (Å²) in [5.74, 6) is 0.730. The van der Waals surface area contributed by atoms with E-state index in [-0.39, 0.29) is 24.4 Å². The van der Waals surface area contributed by atoms with Crippen LogP contribution >= 0.6 is 0 Å². The van der Waals surface area contributed by atoms with Crippen molar-refractivity contribution < 1.29 is 22.7 Å². The van der Waals surface area contributed by atoms with Crippen LogP contribution in [0.4, 0.5) is 5.69 Å². The number of rotatable bonds is 7. The second-order valence-electron chi connectivity index (χ2n) is 8.97. The number of ether oxygens (including phenoxy) is 2. The quantitative estimate of drug-likeness (QED) is 0.641. The average molecular weight is 461 g/mol. The number of fused-ring (bicyclic) bond motifs is 1. The molecule has 0 saturated heterocycles. The van der Waals surface area contributed by atoms with Gasteiger partial charge in [0.15, 0.2) is 6.10 Å². The van der Waals surface area contributed by atoms with Gasteiger partial charge in [-0.3, -0.25) is 9.10 Å². The molecule has 2 aromatic rings. The Morgan fingerprint density at radius 2 is 1.88 bits per heavy atom. The van der Waals surface area contributed by atoms with Crippen molar-refractivity contribution in [2.24, 2.45) is 0 Å². The number of aryl methyl sites for hydroxylation is 1. The zero-order valence-electron chi connectivity index (χ0n) is 19.3. The van der Waals surface area contributed by atoms with Crippen LogP contribution in [0.1, 0.15) is 38.8 Å². The van der Waals surface area contributed by atoms with E-state index in [1.165, 1.54) is 9.87 Å². The lowest BCUT2D eigenvalue weighted by Gasteiger charge is -2.35. The average Bonchev–Trinajstić information content (AvgIpc) is 2.74. The zero-order valence-corrected chi connectivity index (χ0v) is 20.2. The van der Waals surface area contributed by atoms with Crippen molar-refractivity contribution in [2.75, 3.05) is 30.3 Å². The van der Waals surface area contributed by atoms with Gasteiger partial charge < -0.3 is 14.8 Å². The number of nitrogens with one attached hydrogen (secondary N) is 1. The number of sulfonamides is 1. The van der Waals surface area contributed by atoms with Gasteiger partial charge in [-0.2, -0.15) is 0 Å². The maximum Gasteiger partial charge on any atom is 0.263 e. The third kappa shape index (κ3) is 5.73. The summed E-state index contributed by atoms with van der Waals surface area (Å²) in [6.45, 7) is 8.75. The summed E-state index contributed by atoms with van der Waals surface area (Å²) in [5, 5.41) is 2.77. The Hall–Kier alpha value is -2.74. The largest absolute Gasteiger partial charge is 0.492 e. The van der Waals surface area contributed by atoms with Crippen LogP contribution in [0.3, 0.4) is 0 Å². The molecule has 1 aliphatic heterocycles. The van der Waals surface area contributed by atoms with Gasteiger partial charge in [0.2, 0.25) is 10.0 Å². The molecule has 3 rings (SSSR count). The number of hydrogen-bond acceptors (Lipinski definition) is 5. The summed E-state index contributed by atoms with van der Waals surface area (Å²) in [6, 6.07) is 13.3. The lowest BCUT2D eigenvalue weighted by Crippen LogP contribution is -2.51. The first kappa shape index (κ1) is 23.9.